The van der Waals surface area contributed by atoms with Gasteiger partial charge in [0.15, 0.2) is 11.6 Å². The van der Waals surface area contributed by atoms with Crippen molar-refractivity contribution in [3.63, 3.8) is 0 Å². The quantitative estimate of drug-likeness (QED) is 0.501. The van der Waals surface area contributed by atoms with Crippen LogP contribution in [0.5, 0.6) is 11.5 Å². The predicted octanol–water partition coefficient (Wildman–Crippen LogP) is 4.11. The van der Waals surface area contributed by atoms with Crippen LogP contribution in [0, 0.1) is 24.0 Å². The third-order valence-electron chi connectivity index (χ3n) is 2.68. The summed E-state index contributed by atoms with van der Waals surface area (Å²) in [5, 5.41) is 7.38. The van der Waals surface area contributed by atoms with Crippen LogP contribution in [0.2, 0.25) is 0 Å². The molecule has 2 rings (SSSR count). The highest BCUT2D eigenvalue weighted by Gasteiger charge is 2.13. The van der Waals surface area contributed by atoms with Gasteiger partial charge in [-0.25, -0.2) is 4.39 Å². The summed E-state index contributed by atoms with van der Waals surface area (Å²) in [5.74, 6) is -1.99. The lowest BCUT2D eigenvalue weighted by Crippen LogP contribution is -2.12. The molecule has 0 fully saturated rings. The Hall–Kier alpha value is -1.95. The predicted molar refractivity (Wildman–Crippen MR) is 76.3 cm³/mol. The third kappa shape index (κ3) is 2.96. The summed E-state index contributed by atoms with van der Waals surface area (Å²) >= 11 is 3.07. The Morgan fingerprint density at radius 3 is 2.55 bits per heavy atom. The van der Waals surface area contributed by atoms with Crippen LogP contribution in [0.4, 0.5) is 8.78 Å². The second-order valence-corrected chi connectivity index (χ2v) is 5.11. The van der Waals surface area contributed by atoms with Crippen molar-refractivity contribution in [2.24, 2.45) is 5.73 Å². The molecule has 6 heteroatoms. The van der Waals surface area contributed by atoms with E-state index in [9.17, 15) is 8.78 Å². The SMILES string of the molecule is Cc1cc(Oc2cc(Br)cc(F)c2F)ccc1C(=N)N. The number of benzene rings is 2. The smallest absolute Gasteiger partial charge is 0.201 e. The molecule has 2 aromatic carbocycles. The molecular weight excluding hydrogens is 330 g/mol. The fourth-order valence-corrected chi connectivity index (χ4v) is 2.14. The zero-order valence-electron chi connectivity index (χ0n) is 10.5. The average molecular weight is 341 g/mol. The Morgan fingerprint density at radius 1 is 1.25 bits per heavy atom. The van der Waals surface area contributed by atoms with Gasteiger partial charge in [0.05, 0.1) is 0 Å². The molecule has 2 aromatic rings. The minimum atomic E-state index is -1.05. The van der Waals surface area contributed by atoms with E-state index in [0.29, 0.717) is 21.3 Å². The van der Waals surface area contributed by atoms with E-state index < -0.39 is 11.6 Å². The summed E-state index contributed by atoms with van der Waals surface area (Å²) < 4.78 is 32.6. The van der Waals surface area contributed by atoms with Crippen molar-refractivity contribution in [3.05, 3.63) is 57.6 Å². The molecule has 0 bridgehead atoms. The number of amidine groups is 1. The highest BCUT2D eigenvalue weighted by atomic mass is 79.9. The second kappa shape index (κ2) is 5.58. The van der Waals surface area contributed by atoms with Gasteiger partial charge in [-0.3, -0.25) is 5.41 Å². The molecule has 0 aliphatic carbocycles. The van der Waals surface area contributed by atoms with Gasteiger partial charge in [-0.2, -0.15) is 4.39 Å². The highest BCUT2D eigenvalue weighted by molar-refractivity contribution is 9.10. The van der Waals surface area contributed by atoms with E-state index in [1.54, 1.807) is 25.1 Å². The van der Waals surface area contributed by atoms with Crippen molar-refractivity contribution in [3.8, 4) is 11.5 Å². The Kier molecular flexibility index (Phi) is 4.04. The second-order valence-electron chi connectivity index (χ2n) is 4.19. The third-order valence-corrected chi connectivity index (χ3v) is 3.13. The number of aryl methyl sites for hydroxylation is 1. The standard InChI is InChI=1S/C14H11BrF2N2O/c1-7-4-9(2-3-10(7)14(18)19)20-12-6-8(15)5-11(16)13(12)17/h2-6H,1H3,(H3,18,19). The van der Waals surface area contributed by atoms with Crippen molar-refractivity contribution in [1.82, 2.24) is 0 Å². The molecule has 0 unspecified atom stereocenters. The molecule has 20 heavy (non-hydrogen) atoms. The number of rotatable bonds is 3. The van der Waals surface area contributed by atoms with Crippen LogP contribution in [0.15, 0.2) is 34.8 Å². The fraction of sp³-hybridized carbons (Fsp3) is 0.0714. The van der Waals surface area contributed by atoms with Crippen LogP contribution in [-0.4, -0.2) is 5.84 Å². The van der Waals surface area contributed by atoms with Gasteiger partial charge in [-0.15, -0.1) is 0 Å². The normalized spacial score (nSPS) is 10.4. The zero-order valence-corrected chi connectivity index (χ0v) is 12.1. The Bertz CT molecular complexity index is 689. The van der Waals surface area contributed by atoms with Gasteiger partial charge >= 0.3 is 0 Å². The van der Waals surface area contributed by atoms with Gasteiger partial charge in [-0.05, 0) is 42.8 Å². The van der Waals surface area contributed by atoms with Crippen LogP contribution < -0.4 is 10.5 Å². The summed E-state index contributed by atoms with van der Waals surface area (Å²) in [6.07, 6.45) is 0. The molecule has 104 valence electrons. The molecule has 0 atom stereocenters. The molecule has 0 radical (unpaired) electrons. The molecule has 0 saturated heterocycles. The summed E-state index contributed by atoms with van der Waals surface area (Å²) in [6.45, 7) is 1.75. The molecule has 0 spiro atoms. The maximum atomic E-state index is 13.6. The lowest BCUT2D eigenvalue weighted by molar-refractivity contribution is 0.415. The van der Waals surface area contributed by atoms with E-state index in [1.807, 2.05) is 0 Å². The van der Waals surface area contributed by atoms with Crippen LogP contribution in [0.3, 0.4) is 0 Å². The van der Waals surface area contributed by atoms with Crippen LogP contribution in [0.25, 0.3) is 0 Å². The van der Waals surface area contributed by atoms with Crippen LogP contribution >= 0.6 is 15.9 Å². The Balaban J connectivity index is 2.36. The molecule has 3 N–H and O–H groups in total. The number of nitrogens with one attached hydrogen (secondary N) is 1. The van der Waals surface area contributed by atoms with Gasteiger partial charge in [0.2, 0.25) is 5.82 Å². The molecule has 0 heterocycles. The number of ether oxygens (including phenoxy) is 1. The number of halogens is 3. The maximum Gasteiger partial charge on any atom is 0.201 e. The average Bonchev–Trinajstić information content (AvgIpc) is 2.35. The number of nitrogen functional groups attached to an aromatic ring is 1. The minimum absolute atomic E-state index is 0.0614. The molecule has 0 amide bonds. The van der Waals surface area contributed by atoms with Crippen molar-refractivity contribution < 1.29 is 13.5 Å². The van der Waals surface area contributed by atoms with E-state index in [-0.39, 0.29) is 11.6 Å². The molecule has 0 aliphatic rings. The zero-order chi connectivity index (χ0) is 14.9. The first-order valence-electron chi connectivity index (χ1n) is 5.66. The molecule has 0 aromatic heterocycles. The van der Waals surface area contributed by atoms with Crippen molar-refractivity contribution in [2.45, 2.75) is 6.92 Å². The first-order chi connectivity index (χ1) is 9.38. The molecule has 0 aliphatic heterocycles. The summed E-state index contributed by atoms with van der Waals surface area (Å²) in [7, 11) is 0. The van der Waals surface area contributed by atoms with Gasteiger partial charge in [-0.1, -0.05) is 15.9 Å². The monoisotopic (exact) mass is 340 g/mol. The van der Waals surface area contributed by atoms with E-state index in [1.165, 1.54) is 6.07 Å². The molecule has 3 nitrogen and oxygen atoms in total. The Morgan fingerprint density at radius 2 is 1.95 bits per heavy atom. The van der Waals surface area contributed by atoms with Crippen LogP contribution in [0.1, 0.15) is 11.1 Å². The first-order valence-corrected chi connectivity index (χ1v) is 6.45. The number of hydrogen-bond acceptors (Lipinski definition) is 2. The van der Waals surface area contributed by atoms with Gasteiger partial charge < -0.3 is 10.5 Å². The molecular formula is C14H11BrF2N2O. The minimum Gasteiger partial charge on any atom is -0.454 e. The summed E-state index contributed by atoms with van der Waals surface area (Å²) in [6, 6.07) is 7.11. The summed E-state index contributed by atoms with van der Waals surface area (Å²) in [4.78, 5) is 0. The van der Waals surface area contributed by atoms with Crippen LogP contribution in [-0.2, 0) is 0 Å². The maximum absolute atomic E-state index is 13.6. The van der Waals surface area contributed by atoms with E-state index in [2.05, 4.69) is 15.9 Å². The van der Waals surface area contributed by atoms with Crippen molar-refractivity contribution in [1.29, 1.82) is 5.41 Å². The van der Waals surface area contributed by atoms with Crippen molar-refractivity contribution in [2.75, 3.05) is 0 Å². The van der Waals surface area contributed by atoms with E-state index >= 15 is 0 Å². The van der Waals surface area contributed by atoms with Crippen molar-refractivity contribution >= 4 is 21.8 Å². The summed E-state index contributed by atoms with van der Waals surface area (Å²) in [5.41, 5.74) is 6.69. The fourth-order valence-electron chi connectivity index (χ4n) is 1.74. The van der Waals surface area contributed by atoms with Gasteiger partial charge in [0.1, 0.15) is 11.6 Å². The lowest BCUT2D eigenvalue weighted by Gasteiger charge is -2.10. The lowest BCUT2D eigenvalue weighted by atomic mass is 10.1. The highest BCUT2D eigenvalue weighted by Crippen LogP contribution is 2.30. The van der Waals surface area contributed by atoms with Gasteiger partial charge in [0, 0.05) is 10.0 Å². The first kappa shape index (κ1) is 14.5. The number of hydrogen-bond donors (Lipinski definition) is 2. The topological polar surface area (TPSA) is 59.1 Å². The Labute approximate surface area is 123 Å². The molecule has 0 saturated carbocycles. The van der Waals surface area contributed by atoms with E-state index in [0.717, 1.165) is 6.07 Å². The number of nitrogens with two attached hydrogens (primary N) is 1. The van der Waals surface area contributed by atoms with E-state index in [4.69, 9.17) is 15.9 Å². The largest absolute Gasteiger partial charge is 0.454 e. The van der Waals surface area contributed by atoms with Gasteiger partial charge in [0.25, 0.3) is 0 Å².